The highest BCUT2D eigenvalue weighted by molar-refractivity contribution is 7.09. The minimum Gasteiger partial charge on any atom is -0.392 e. The molecule has 96 valence electrons. The van der Waals surface area contributed by atoms with Gasteiger partial charge in [-0.05, 0) is 25.0 Å². The number of pyridine rings is 1. The van der Waals surface area contributed by atoms with Crippen LogP contribution in [0.4, 0.5) is 0 Å². The normalized spacial score (nSPS) is 12.6. The van der Waals surface area contributed by atoms with E-state index in [0.29, 0.717) is 12.8 Å². The fourth-order valence-electron chi connectivity index (χ4n) is 1.80. The fourth-order valence-corrected chi connectivity index (χ4v) is 2.64. The van der Waals surface area contributed by atoms with Crippen LogP contribution in [0.5, 0.6) is 0 Å². The van der Waals surface area contributed by atoms with Crippen molar-refractivity contribution in [3.8, 4) is 0 Å². The second-order valence-corrected chi connectivity index (χ2v) is 5.40. The van der Waals surface area contributed by atoms with E-state index >= 15 is 0 Å². The molecular formula is C14H18N2OS. The van der Waals surface area contributed by atoms with Crippen molar-refractivity contribution in [3.63, 3.8) is 0 Å². The van der Waals surface area contributed by atoms with E-state index < -0.39 is 6.10 Å². The van der Waals surface area contributed by atoms with Crippen molar-refractivity contribution in [2.45, 2.75) is 39.2 Å². The molecule has 0 aliphatic heterocycles. The van der Waals surface area contributed by atoms with Crippen molar-refractivity contribution in [1.29, 1.82) is 0 Å². The van der Waals surface area contributed by atoms with Gasteiger partial charge in [0.15, 0.2) is 0 Å². The first-order valence-corrected chi connectivity index (χ1v) is 7.08. The molecular weight excluding hydrogens is 244 g/mol. The third-order valence-corrected chi connectivity index (χ3v) is 3.80. The van der Waals surface area contributed by atoms with Gasteiger partial charge in [0, 0.05) is 35.8 Å². The van der Waals surface area contributed by atoms with Crippen molar-refractivity contribution in [1.82, 2.24) is 9.97 Å². The highest BCUT2D eigenvalue weighted by Crippen LogP contribution is 2.13. The minimum atomic E-state index is -0.407. The number of hydrogen-bond acceptors (Lipinski definition) is 4. The molecule has 0 bridgehead atoms. The molecule has 0 aromatic carbocycles. The lowest BCUT2D eigenvalue weighted by Crippen LogP contribution is -2.14. The van der Waals surface area contributed by atoms with Gasteiger partial charge in [0.05, 0.1) is 11.1 Å². The number of rotatable bonds is 5. The summed E-state index contributed by atoms with van der Waals surface area (Å²) in [4.78, 5) is 8.72. The fraction of sp³-hybridized carbons (Fsp3) is 0.429. The molecule has 2 aromatic rings. The van der Waals surface area contributed by atoms with E-state index in [1.54, 1.807) is 11.3 Å². The van der Waals surface area contributed by atoms with Gasteiger partial charge in [0.2, 0.25) is 0 Å². The maximum Gasteiger partial charge on any atom is 0.0954 e. The Bertz CT molecular complexity index is 493. The van der Waals surface area contributed by atoms with Crippen LogP contribution in [0.25, 0.3) is 0 Å². The number of thiazole rings is 1. The smallest absolute Gasteiger partial charge is 0.0954 e. The molecule has 0 radical (unpaired) electrons. The van der Waals surface area contributed by atoms with Gasteiger partial charge < -0.3 is 5.11 Å². The molecule has 1 N–H and O–H groups in total. The zero-order valence-electron chi connectivity index (χ0n) is 10.8. The van der Waals surface area contributed by atoms with Crippen LogP contribution in [0.15, 0.2) is 23.7 Å². The Labute approximate surface area is 112 Å². The molecule has 2 heterocycles. The summed E-state index contributed by atoms with van der Waals surface area (Å²) in [6.07, 6.45) is 3.66. The quantitative estimate of drug-likeness (QED) is 0.900. The molecule has 1 atom stereocenters. The summed E-state index contributed by atoms with van der Waals surface area (Å²) in [6.45, 7) is 4.08. The van der Waals surface area contributed by atoms with Crippen molar-refractivity contribution >= 4 is 11.3 Å². The average Bonchev–Trinajstić information content (AvgIpc) is 2.75. The summed E-state index contributed by atoms with van der Waals surface area (Å²) in [5.74, 6) is 0. The SMILES string of the molecule is CCc1ccc(CC(O)Cc2nc(C)cs2)nc1. The van der Waals surface area contributed by atoms with Gasteiger partial charge in [-0.2, -0.15) is 0 Å². The van der Waals surface area contributed by atoms with Gasteiger partial charge in [0.25, 0.3) is 0 Å². The van der Waals surface area contributed by atoms with Crippen LogP contribution in [0.2, 0.25) is 0 Å². The van der Waals surface area contributed by atoms with Crippen LogP contribution >= 0.6 is 11.3 Å². The van der Waals surface area contributed by atoms with E-state index in [4.69, 9.17) is 0 Å². The number of nitrogens with zero attached hydrogens (tertiary/aromatic N) is 2. The molecule has 2 aromatic heterocycles. The third kappa shape index (κ3) is 3.62. The number of aliphatic hydroxyl groups excluding tert-OH is 1. The molecule has 4 heteroatoms. The molecule has 0 saturated heterocycles. The zero-order valence-corrected chi connectivity index (χ0v) is 11.6. The van der Waals surface area contributed by atoms with Crippen LogP contribution < -0.4 is 0 Å². The highest BCUT2D eigenvalue weighted by atomic mass is 32.1. The minimum absolute atomic E-state index is 0.407. The average molecular weight is 262 g/mol. The molecule has 0 aliphatic rings. The summed E-state index contributed by atoms with van der Waals surface area (Å²) in [5.41, 5.74) is 3.18. The molecule has 1 unspecified atom stereocenters. The Balaban J connectivity index is 1.91. The topological polar surface area (TPSA) is 46.0 Å². The maximum atomic E-state index is 10.0. The van der Waals surface area contributed by atoms with E-state index in [1.165, 1.54) is 5.56 Å². The van der Waals surface area contributed by atoms with E-state index in [2.05, 4.69) is 23.0 Å². The van der Waals surface area contributed by atoms with Crippen LogP contribution in [0.1, 0.15) is 28.9 Å². The number of hydrogen-bond donors (Lipinski definition) is 1. The predicted octanol–water partition coefficient (Wildman–Crippen LogP) is 2.56. The van der Waals surface area contributed by atoms with Crippen molar-refractivity contribution < 1.29 is 5.11 Å². The van der Waals surface area contributed by atoms with Crippen molar-refractivity contribution in [3.05, 3.63) is 45.7 Å². The first-order chi connectivity index (χ1) is 8.67. The molecule has 0 saturated carbocycles. The Hall–Kier alpha value is -1.26. The molecule has 0 spiro atoms. The Kier molecular flexibility index (Phi) is 4.44. The highest BCUT2D eigenvalue weighted by Gasteiger charge is 2.10. The molecule has 0 aliphatic carbocycles. The van der Waals surface area contributed by atoms with E-state index in [-0.39, 0.29) is 0 Å². The molecule has 0 amide bonds. The largest absolute Gasteiger partial charge is 0.392 e. The van der Waals surface area contributed by atoms with Gasteiger partial charge in [0.1, 0.15) is 0 Å². The lowest BCUT2D eigenvalue weighted by atomic mass is 10.1. The summed E-state index contributed by atoms with van der Waals surface area (Å²) >= 11 is 1.60. The lowest BCUT2D eigenvalue weighted by Gasteiger charge is -2.08. The second kappa shape index (κ2) is 6.07. The first kappa shape index (κ1) is 13.2. The van der Waals surface area contributed by atoms with Gasteiger partial charge in [-0.15, -0.1) is 11.3 Å². The summed E-state index contributed by atoms with van der Waals surface area (Å²) in [7, 11) is 0. The molecule has 2 rings (SSSR count). The molecule has 3 nitrogen and oxygen atoms in total. The van der Waals surface area contributed by atoms with Gasteiger partial charge in [-0.25, -0.2) is 4.98 Å². The Morgan fingerprint density at radius 3 is 2.72 bits per heavy atom. The summed E-state index contributed by atoms with van der Waals surface area (Å²) < 4.78 is 0. The zero-order chi connectivity index (χ0) is 13.0. The predicted molar refractivity (Wildman–Crippen MR) is 73.9 cm³/mol. The number of aromatic nitrogens is 2. The lowest BCUT2D eigenvalue weighted by molar-refractivity contribution is 0.174. The van der Waals surface area contributed by atoms with Crippen LogP contribution in [0, 0.1) is 6.92 Å². The monoisotopic (exact) mass is 262 g/mol. The second-order valence-electron chi connectivity index (χ2n) is 4.46. The van der Waals surface area contributed by atoms with Gasteiger partial charge >= 0.3 is 0 Å². The number of aliphatic hydroxyl groups is 1. The van der Waals surface area contributed by atoms with Crippen LogP contribution in [-0.4, -0.2) is 21.2 Å². The standard InChI is InChI=1S/C14H18N2OS/c1-3-11-4-5-12(15-8-11)6-13(17)7-14-16-10(2)9-18-14/h4-5,8-9,13,17H,3,6-7H2,1-2H3. The van der Waals surface area contributed by atoms with Crippen LogP contribution in [0.3, 0.4) is 0 Å². The van der Waals surface area contributed by atoms with Crippen molar-refractivity contribution in [2.24, 2.45) is 0 Å². The Morgan fingerprint density at radius 2 is 2.17 bits per heavy atom. The number of aryl methyl sites for hydroxylation is 2. The summed E-state index contributed by atoms with van der Waals surface area (Å²) in [5, 5.41) is 13.0. The van der Waals surface area contributed by atoms with E-state index in [9.17, 15) is 5.11 Å². The maximum absolute atomic E-state index is 10.0. The summed E-state index contributed by atoms with van der Waals surface area (Å²) in [6, 6.07) is 4.07. The molecule has 18 heavy (non-hydrogen) atoms. The Morgan fingerprint density at radius 1 is 1.33 bits per heavy atom. The van der Waals surface area contributed by atoms with Crippen molar-refractivity contribution in [2.75, 3.05) is 0 Å². The van der Waals surface area contributed by atoms with Gasteiger partial charge in [-0.1, -0.05) is 13.0 Å². The third-order valence-electron chi connectivity index (χ3n) is 2.82. The van der Waals surface area contributed by atoms with E-state index in [0.717, 1.165) is 22.8 Å². The van der Waals surface area contributed by atoms with Crippen LogP contribution in [-0.2, 0) is 19.3 Å². The van der Waals surface area contributed by atoms with E-state index in [1.807, 2.05) is 24.6 Å². The first-order valence-electron chi connectivity index (χ1n) is 6.20. The molecule has 0 fully saturated rings. The van der Waals surface area contributed by atoms with Gasteiger partial charge in [-0.3, -0.25) is 4.98 Å².